The van der Waals surface area contributed by atoms with E-state index in [0.29, 0.717) is 5.59 Å². The van der Waals surface area contributed by atoms with E-state index in [-0.39, 0.29) is 0 Å². The van der Waals surface area contributed by atoms with E-state index >= 15 is 0 Å². The van der Waals surface area contributed by atoms with Gasteiger partial charge in [0, 0.05) is 0 Å². The Labute approximate surface area is 59.1 Å². The molecule has 2 radical (unpaired) electrons. The Morgan fingerprint density at radius 2 is 2.30 bits per heavy atom. The third-order valence-corrected chi connectivity index (χ3v) is 1.33. The molecule has 0 bridgehead atoms. The van der Waals surface area contributed by atoms with E-state index < -0.39 is 0 Å². The average molecular weight is 129 g/mol. The molecule has 0 amide bonds. The molecule has 0 aromatic carbocycles. The monoisotopic (exact) mass is 129 g/mol. The van der Waals surface area contributed by atoms with Gasteiger partial charge in [0.15, 0.2) is 5.65 Å². The number of fused-ring (bicyclic) bond motifs is 1. The predicted molar refractivity (Wildman–Crippen MR) is 38.4 cm³/mol. The average Bonchev–Trinajstić information content (AvgIpc) is 2.36. The van der Waals surface area contributed by atoms with Crippen LogP contribution in [0.1, 0.15) is 0 Å². The van der Waals surface area contributed by atoms with Gasteiger partial charge in [-0.05, 0) is 11.7 Å². The van der Waals surface area contributed by atoms with Crippen molar-refractivity contribution in [2.45, 2.75) is 0 Å². The molecular weight excluding hydrogens is 125 g/mol. The third kappa shape index (κ3) is 0.619. The summed E-state index contributed by atoms with van der Waals surface area (Å²) >= 11 is 0. The zero-order chi connectivity index (χ0) is 6.97. The summed E-state index contributed by atoms with van der Waals surface area (Å²) in [6.07, 6.45) is 1.48. The summed E-state index contributed by atoms with van der Waals surface area (Å²) in [5, 5.41) is 3.90. The molecule has 0 saturated carbocycles. The molecule has 0 unspecified atom stereocenters. The van der Waals surface area contributed by atoms with Crippen molar-refractivity contribution in [2.24, 2.45) is 0 Å². The number of nitrogens with zero attached hydrogens (tertiary/aromatic N) is 3. The van der Waals surface area contributed by atoms with E-state index in [4.69, 9.17) is 7.85 Å². The van der Waals surface area contributed by atoms with Crippen LogP contribution < -0.4 is 5.59 Å². The lowest BCUT2D eigenvalue weighted by Crippen LogP contribution is -2.14. The van der Waals surface area contributed by atoms with Gasteiger partial charge in [-0.1, -0.05) is 12.1 Å². The Morgan fingerprint density at radius 3 is 3.10 bits per heavy atom. The van der Waals surface area contributed by atoms with Crippen LogP contribution in [-0.2, 0) is 0 Å². The van der Waals surface area contributed by atoms with Crippen molar-refractivity contribution in [2.75, 3.05) is 0 Å². The Morgan fingerprint density at radius 1 is 1.40 bits per heavy atom. The summed E-state index contributed by atoms with van der Waals surface area (Å²) in [5.41, 5.74) is 1.38. The van der Waals surface area contributed by atoms with Gasteiger partial charge in [-0.3, -0.25) is 0 Å². The minimum absolute atomic E-state index is 0.606. The number of hydrogen-bond donors (Lipinski definition) is 0. The van der Waals surface area contributed by atoms with Crippen molar-refractivity contribution in [3.63, 3.8) is 0 Å². The molecule has 2 aromatic heterocycles. The highest BCUT2D eigenvalue weighted by atomic mass is 15.3. The highest BCUT2D eigenvalue weighted by Gasteiger charge is 1.93. The van der Waals surface area contributed by atoms with Crippen molar-refractivity contribution < 1.29 is 0 Å². The minimum atomic E-state index is 0.606. The fourth-order valence-corrected chi connectivity index (χ4v) is 0.866. The highest BCUT2D eigenvalue weighted by molar-refractivity contribution is 6.30. The molecule has 3 nitrogen and oxygen atoms in total. The second-order valence-corrected chi connectivity index (χ2v) is 1.98. The zero-order valence-corrected chi connectivity index (χ0v) is 5.23. The molecule has 0 atom stereocenters. The molecule has 0 aliphatic rings. The summed E-state index contributed by atoms with van der Waals surface area (Å²) in [6, 6.07) is 5.48. The van der Waals surface area contributed by atoms with Crippen molar-refractivity contribution >= 4 is 19.1 Å². The van der Waals surface area contributed by atoms with E-state index in [2.05, 4.69) is 10.1 Å². The molecule has 0 spiro atoms. The van der Waals surface area contributed by atoms with E-state index in [1.807, 2.05) is 12.1 Å². The van der Waals surface area contributed by atoms with Crippen molar-refractivity contribution in [1.29, 1.82) is 0 Å². The number of pyridine rings is 1. The van der Waals surface area contributed by atoms with E-state index in [1.165, 1.54) is 6.33 Å². The van der Waals surface area contributed by atoms with Gasteiger partial charge < -0.3 is 0 Å². The lowest BCUT2D eigenvalue weighted by molar-refractivity contribution is 0.991. The summed E-state index contributed by atoms with van der Waals surface area (Å²) in [7, 11) is 5.56. The van der Waals surface area contributed by atoms with Gasteiger partial charge in [0.2, 0.25) is 0 Å². The van der Waals surface area contributed by atoms with Crippen LogP contribution in [0.5, 0.6) is 0 Å². The Bertz CT molecular complexity index is 355. The van der Waals surface area contributed by atoms with Crippen molar-refractivity contribution in [3.05, 3.63) is 24.5 Å². The maximum absolute atomic E-state index is 5.56. The molecule has 0 fully saturated rings. The van der Waals surface area contributed by atoms with Crippen LogP contribution >= 0.6 is 0 Å². The fourth-order valence-electron chi connectivity index (χ4n) is 0.866. The summed E-state index contributed by atoms with van der Waals surface area (Å²) in [6.45, 7) is 0. The molecule has 2 rings (SSSR count). The lowest BCUT2D eigenvalue weighted by Gasteiger charge is -1.94. The molecule has 2 aromatic rings. The molecule has 0 aliphatic heterocycles. The van der Waals surface area contributed by atoms with Crippen LogP contribution in [-0.4, -0.2) is 22.4 Å². The predicted octanol–water partition coefficient (Wildman–Crippen LogP) is -0.477. The van der Waals surface area contributed by atoms with Crippen molar-refractivity contribution in [3.8, 4) is 0 Å². The van der Waals surface area contributed by atoms with Gasteiger partial charge in [0.25, 0.3) is 0 Å². The Balaban J connectivity index is 2.95. The second-order valence-electron chi connectivity index (χ2n) is 1.98. The molecule has 4 heteroatoms. The molecule has 0 saturated heterocycles. The van der Waals surface area contributed by atoms with E-state index in [0.717, 1.165) is 5.65 Å². The number of rotatable bonds is 0. The quantitative estimate of drug-likeness (QED) is 0.450. The van der Waals surface area contributed by atoms with Crippen LogP contribution in [0.3, 0.4) is 0 Å². The smallest absolute Gasteiger partial charge is 0.154 e. The first kappa shape index (κ1) is 5.47. The third-order valence-electron chi connectivity index (χ3n) is 1.33. The SMILES string of the molecule is [B]c1cccc2ncnn12. The highest BCUT2D eigenvalue weighted by Crippen LogP contribution is 1.91. The van der Waals surface area contributed by atoms with Crippen LogP contribution in [0.25, 0.3) is 5.65 Å². The Hall–Kier alpha value is -1.32. The second kappa shape index (κ2) is 1.83. The first-order chi connectivity index (χ1) is 4.88. The maximum Gasteiger partial charge on any atom is 0.154 e. The first-order valence-electron chi connectivity index (χ1n) is 2.92. The maximum atomic E-state index is 5.56. The zero-order valence-electron chi connectivity index (χ0n) is 5.23. The topological polar surface area (TPSA) is 30.2 Å². The van der Waals surface area contributed by atoms with E-state index in [1.54, 1.807) is 10.6 Å². The molecule has 0 N–H and O–H groups in total. The largest absolute Gasteiger partial charge is 0.229 e. The molecule has 46 valence electrons. The summed E-state index contributed by atoms with van der Waals surface area (Å²) < 4.78 is 1.58. The number of aromatic nitrogens is 3. The lowest BCUT2D eigenvalue weighted by atomic mass is 10.0. The first-order valence-corrected chi connectivity index (χ1v) is 2.92. The van der Waals surface area contributed by atoms with Crippen LogP contribution in [0.2, 0.25) is 0 Å². The molecule has 0 aliphatic carbocycles. The summed E-state index contributed by atoms with van der Waals surface area (Å²) in [5.74, 6) is 0. The van der Waals surface area contributed by atoms with Crippen LogP contribution in [0.15, 0.2) is 24.5 Å². The van der Waals surface area contributed by atoms with Crippen molar-refractivity contribution in [1.82, 2.24) is 14.6 Å². The van der Waals surface area contributed by atoms with Gasteiger partial charge in [0.1, 0.15) is 14.2 Å². The standard InChI is InChI=1S/C6H4BN3/c7-5-2-1-3-6-8-4-9-10(5)6/h1-4H. The minimum Gasteiger partial charge on any atom is -0.229 e. The van der Waals surface area contributed by atoms with Crippen LogP contribution in [0, 0.1) is 0 Å². The van der Waals surface area contributed by atoms with Gasteiger partial charge in [-0.15, -0.1) is 0 Å². The number of hydrogen-bond acceptors (Lipinski definition) is 2. The molecule has 2 heterocycles. The van der Waals surface area contributed by atoms with Gasteiger partial charge >= 0.3 is 0 Å². The fraction of sp³-hybridized carbons (Fsp3) is 0. The Kier molecular flexibility index (Phi) is 1.00. The van der Waals surface area contributed by atoms with Gasteiger partial charge in [-0.2, -0.15) is 5.10 Å². The van der Waals surface area contributed by atoms with Gasteiger partial charge in [-0.25, -0.2) is 9.50 Å². The molecule has 10 heavy (non-hydrogen) atoms. The van der Waals surface area contributed by atoms with Gasteiger partial charge in [0.05, 0.1) is 0 Å². The van der Waals surface area contributed by atoms with Crippen LogP contribution in [0.4, 0.5) is 0 Å². The normalized spacial score (nSPS) is 10.4. The molecular formula is C6H4BN3. The summed E-state index contributed by atoms with van der Waals surface area (Å²) in [4.78, 5) is 3.95. The van der Waals surface area contributed by atoms with E-state index in [9.17, 15) is 0 Å².